The summed E-state index contributed by atoms with van der Waals surface area (Å²) < 4.78 is 0. The molecular weight excluding hydrogens is 310 g/mol. The highest BCUT2D eigenvalue weighted by molar-refractivity contribution is 7.14. The minimum atomic E-state index is -0.119. The molecule has 0 fully saturated rings. The van der Waals surface area contributed by atoms with E-state index >= 15 is 0 Å². The normalized spacial score (nSPS) is 10.7. The standard InChI is InChI=1S/C17H21N3O2S/c1-11-9-13(18-17(22)15-8-5-12(2)23-15)6-7-14(11)19-16(21)10-20(3)4/h5-9H,10H2,1-4H3,(H,18,22)(H,19,21). The van der Waals surface area contributed by atoms with Gasteiger partial charge in [0.2, 0.25) is 5.91 Å². The van der Waals surface area contributed by atoms with Gasteiger partial charge in [0.05, 0.1) is 11.4 Å². The van der Waals surface area contributed by atoms with E-state index in [1.807, 2.05) is 51.0 Å². The monoisotopic (exact) mass is 331 g/mol. The van der Waals surface area contributed by atoms with Crippen LogP contribution < -0.4 is 10.6 Å². The first-order valence-electron chi connectivity index (χ1n) is 7.28. The fraction of sp³-hybridized carbons (Fsp3) is 0.294. The maximum Gasteiger partial charge on any atom is 0.265 e. The van der Waals surface area contributed by atoms with Crippen LogP contribution in [0.1, 0.15) is 20.1 Å². The summed E-state index contributed by atoms with van der Waals surface area (Å²) in [6.45, 7) is 4.20. The molecule has 23 heavy (non-hydrogen) atoms. The summed E-state index contributed by atoms with van der Waals surface area (Å²) >= 11 is 1.46. The molecule has 1 aromatic heterocycles. The number of hydrogen-bond donors (Lipinski definition) is 2. The van der Waals surface area contributed by atoms with Crippen LogP contribution in [0.2, 0.25) is 0 Å². The predicted molar refractivity (Wildman–Crippen MR) is 95.4 cm³/mol. The summed E-state index contributed by atoms with van der Waals surface area (Å²) in [6.07, 6.45) is 0. The second-order valence-electron chi connectivity index (χ2n) is 5.68. The molecule has 1 aromatic carbocycles. The van der Waals surface area contributed by atoms with Crippen molar-refractivity contribution in [3.8, 4) is 0 Å². The van der Waals surface area contributed by atoms with Crippen LogP contribution in [-0.2, 0) is 4.79 Å². The lowest BCUT2D eigenvalue weighted by atomic mass is 10.1. The molecule has 0 radical (unpaired) electrons. The Morgan fingerprint density at radius 3 is 2.39 bits per heavy atom. The largest absolute Gasteiger partial charge is 0.325 e. The van der Waals surface area contributed by atoms with E-state index in [9.17, 15) is 9.59 Å². The van der Waals surface area contributed by atoms with Gasteiger partial charge in [0.15, 0.2) is 0 Å². The number of nitrogens with zero attached hydrogens (tertiary/aromatic N) is 1. The number of aryl methyl sites for hydroxylation is 2. The average molecular weight is 331 g/mol. The van der Waals surface area contributed by atoms with Crippen molar-refractivity contribution in [3.05, 3.63) is 45.6 Å². The molecule has 5 nitrogen and oxygen atoms in total. The molecule has 2 amide bonds. The van der Waals surface area contributed by atoms with Crippen LogP contribution in [-0.4, -0.2) is 37.4 Å². The number of benzene rings is 1. The van der Waals surface area contributed by atoms with Gasteiger partial charge in [0.1, 0.15) is 0 Å². The number of anilines is 2. The lowest BCUT2D eigenvalue weighted by Gasteiger charge is -2.13. The third-order valence-corrected chi connectivity index (χ3v) is 4.18. The molecule has 0 aliphatic rings. The molecule has 0 saturated carbocycles. The Kier molecular flexibility index (Phi) is 5.52. The summed E-state index contributed by atoms with van der Waals surface area (Å²) in [5, 5.41) is 5.74. The second kappa shape index (κ2) is 7.39. The lowest BCUT2D eigenvalue weighted by Crippen LogP contribution is -2.27. The van der Waals surface area contributed by atoms with Crippen LogP contribution in [0.3, 0.4) is 0 Å². The number of hydrogen-bond acceptors (Lipinski definition) is 4. The van der Waals surface area contributed by atoms with Crippen molar-refractivity contribution in [2.24, 2.45) is 0 Å². The molecule has 0 aliphatic heterocycles. The fourth-order valence-electron chi connectivity index (χ4n) is 2.11. The molecule has 1 heterocycles. The van der Waals surface area contributed by atoms with E-state index in [-0.39, 0.29) is 11.8 Å². The minimum absolute atomic E-state index is 0.0658. The van der Waals surface area contributed by atoms with Crippen molar-refractivity contribution < 1.29 is 9.59 Å². The third-order valence-electron chi connectivity index (χ3n) is 3.18. The number of likely N-dealkylation sites (N-methyl/N-ethyl adjacent to an activating group) is 1. The highest BCUT2D eigenvalue weighted by atomic mass is 32.1. The van der Waals surface area contributed by atoms with Crippen molar-refractivity contribution in [1.29, 1.82) is 0 Å². The number of rotatable bonds is 5. The van der Waals surface area contributed by atoms with E-state index in [2.05, 4.69) is 10.6 Å². The van der Waals surface area contributed by atoms with Crippen LogP contribution in [0, 0.1) is 13.8 Å². The van der Waals surface area contributed by atoms with E-state index in [0.717, 1.165) is 16.1 Å². The van der Waals surface area contributed by atoms with Crippen molar-refractivity contribution in [2.75, 3.05) is 31.3 Å². The van der Waals surface area contributed by atoms with Crippen LogP contribution in [0.15, 0.2) is 30.3 Å². The number of thiophene rings is 1. The van der Waals surface area contributed by atoms with Gasteiger partial charge < -0.3 is 15.5 Å². The van der Waals surface area contributed by atoms with Gasteiger partial charge in [0.25, 0.3) is 5.91 Å². The molecule has 0 spiro atoms. The maximum atomic E-state index is 12.1. The molecule has 0 unspecified atom stereocenters. The summed E-state index contributed by atoms with van der Waals surface area (Å²) in [5.41, 5.74) is 2.36. The Balaban J connectivity index is 2.04. The summed E-state index contributed by atoms with van der Waals surface area (Å²) in [7, 11) is 3.69. The minimum Gasteiger partial charge on any atom is -0.325 e. The zero-order valence-electron chi connectivity index (χ0n) is 13.8. The molecular formula is C17H21N3O2S. The number of nitrogens with one attached hydrogen (secondary N) is 2. The van der Waals surface area contributed by atoms with Crippen LogP contribution in [0.4, 0.5) is 11.4 Å². The highest BCUT2D eigenvalue weighted by Crippen LogP contribution is 2.22. The van der Waals surface area contributed by atoms with Crippen LogP contribution in [0.25, 0.3) is 0 Å². The molecule has 0 atom stereocenters. The zero-order chi connectivity index (χ0) is 17.0. The molecule has 2 N–H and O–H groups in total. The van der Waals surface area contributed by atoms with E-state index in [1.54, 1.807) is 12.1 Å². The molecule has 0 bridgehead atoms. The predicted octanol–water partition coefficient (Wildman–Crippen LogP) is 3.12. The van der Waals surface area contributed by atoms with Gasteiger partial charge in [-0.05, 0) is 63.8 Å². The van der Waals surface area contributed by atoms with Gasteiger partial charge in [-0.1, -0.05) is 0 Å². The first kappa shape index (κ1) is 17.2. The molecule has 0 aliphatic carbocycles. The lowest BCUT2D eigenvalue weighted by molar-refractivity contribution is -0.116. The molecule has 6 heteroatoms. The van der Waals surface area contributed by atoms with Gasteiger partial charge in [-0.2, -0.15) is 0 Å². The van der Waals surface area contributed by atoms with E-state index < -0.39 is 0 Å². The van der Waals surface area contributed by atoms with Crippen molar-refractivity contribution in [2.45, 2.75) is 13.8 Å². The topological polar surface area (TPSA) is 61.4 Å². The number of amides is 2. The number of carbonyl (C=O) groups excluding carboxylic acids is 2. The average Bonchev–Trinajstić information content (AvgIpc) is 2.88. The maximum absolute atomic E-state index is 12.1. The van der Waals surface area contributed by atoms with Gasteiger partial charge in [-0.3, -0.25) is 9.59 Å². The Labute approximate surface area is 140 Å². The fourth-order valence-corrected chi connectivity index (χ4v) is 2.87. The molecule has 2 rings (SSSR count). The zero-order valence-corrected chi connectivity index (χ0v) is 14.6. The molecule has 2 aromatic rings. The van der Waals surface area contributed by atoms with E-state index in [4.69, 9.17) is 0 Å². The summed E-state index contributed by atoms with van der Waals surface area (Å²) in [4.78, 5) is 27.5. The number of carbonyl (C=O) groups is 2. The van der Waals surface area contributed by atoms with Crippen molar-refractivity contribution >= 4 is 34.5 Å². The SMILES string of the molecule is Cc1ccc(C(=O)Nc2ccc(NC(=O)CN(C)C)c(C)c2)s1. The van der Waals surface area contributed by atoms with E-state index in [0.29, 0.717) is 17.1 Å². The van der Waals surface area contributed by atoms with Crippen LogP contribution in [0.5, 0.6) is 0 Å². The quantitative estimate of drug-likeness (QED) is 0.885. The summed E-state index contributed by atoms with van der Waals surface area (Å²) in [6, 6.07) is 9.19. The van der Waals surface area contributed by atoms with Crippen LogP contribution >= 0.6 is 11.3 Å². The van der Waals surface area contributed by atoms with E-state index in [1.165, 1.54) is 11.3 Å². The highest BCUT2D eigenvalue weighted by Gasteiger charge is 2.10. The summed E-state index contributed by atoms with van der Waals surface area (Å²) in [5.74, 6) is -0.184. The first-order valence-corrected chi connectivity index (χ1v) is 8.10. The Bertz CT molecular complexity index is 722. The van der Waals surface area contributed by atoms with Gasteiger partial charge in [0, 0.05) is 16.3 Å². The van der Waals surface area contributed by atoms with Gasteiger partial charge in [-0.25, -0.2) is 0 Å². The Morgan fingerprint density at radius 1 is 1.09 bits per heavy atom. The first-order chi connectivity index (χ1) is 10.8. The second-order valence-corrected chi connectivity index (χ2v) is 6.97. The molecule has 0 saturated heterocycles. The van der Waals surface area contributed by atoms with Crippen molar-refractivity contribution in [3.63, 3.8) is 0 Å². The van der Waals surface area contributed by atoms with Gasteiger partial charge >= 0.3 is 0 Å². The van der Waals surface area contributed by atoms with Gasteiger partial charge in [-0.15, -0.1) is 11.3 Å². The Hall–Kier alpha value is -2.18. The Morgan fingerprint density at radius 2 is 1.83 bits per heavy atom. The molecule has 122 valence electrons. The van der Waals surface area contributed by atoms with Crippen molar-refractivity contribution in [1.82, 2.24) is 4.90 Å². The smallest absolute Gasteiger partial charge is 0.265 e. The third kappa shape index (κ3) is 4.91.